The normalized spacial score (nSPS) is 17.5. The van der Waals surface area contributed by atoms with Crippen molar-refractivity contribution >= 4 is 106 Å². The molecular formula is C90H86N6O3. The quantitative estimate of drug-likeness (QED) is 0.0856. The molecule has 5 unspecified atom stereocenters. The molecule has 9 heteroatoms. The monoisotopic (exact) mass is 1300 g/mol. The van der Waals surface area contributed by atoms with Crippen LogP contribution in [-0.2, 0) is 34.3 Å². The molecule has 2 aliphatic heterocycles. The van der Waals surface area contributed by atoms with Crippen LogP contribution in [0.25, 0.3) is 116 Å². The summed E-state index contributed by atoms with van der Waals surface area (Å²) in [5, 5.41) is 7.07. The lowest BCUT2D eigenvalue weighted by Crippen LogP contribution is -2.40. The summed E-state index contributed by atoms with van der Waals surface area (Å²) in [7, 11) is 0. The number of ether oxygens (including phenoxy) is 2. The van der Waals surface area contributed by atoms with Crippen molar-refractivity contribution in [3.05, 3.63) is 252 Å². The van der Waals surface area contributed by atoms with Crippen LogP contribution in [0.3, 0.4) is 0 Å². The summed E-state index contributed by atoms with van der Waals surface area (Å²) >= 11 is 0. The minimum Gasteiger partial charge on any atom is -0.456 e. The molecule has 14 aromatic rings. The summed E-state index contributed by atoms with van der Waals surface area (Å²) in [5.74, 6) is 1.15. The van der Waals surface area contributed by atoms with Gasteiger partial charge in [-0.1, -0.05) is 138 Å². The van der Waals surface area contributed by atoms with Crippen molar-refractivity contribution in [3.63, 3.8) is 0 Å². The Morgan fingerprint density at radius 2 is 1.08 bits per heavy atom. The van der Waals surface area contributed by atoms with Crippen molar-refractivity contribution in [1.29, 1.82) is 0 Å². The molecule has 0 saturated carbocycles. The lowest BCUT2D eigenvalue weighted by atomic mass is 9.77. The summed E-state index contributed by atoms with van der Waals surface area (Å²) in [6.07, 6.45) is 15.9. The van der Waals surface area contributed by atoms with E-state index in [1.165, 1.54) is 77.5 Å². The third-order valence-corrected chi connectivity index (χ3v) is 21.2. The van der Waals surface area contributed by atoms with Crippen molar-refractivity contribution in [1.82, 2.24) is 18.7 Å². The highest BCUT2D eigenvalue weighted by Crippen LogP contribution is 2.56. The third-order valence-electron chi connectivity index (χ3n) is 21.2. The molecule has 9 aromatic carbocycles. The summed E-state index contributed by atoms with van der Waals surface area (Å²) in [5.41, 5.74) is 24.7. The van der Waals surface area contributed by atoms with Gasteiger partial charge in [-0.15, -0.1) is 0 Å². The maximum atomic E-state index is 6.78. The van der Waals surface area contributed by atoms with E-state index in [-0.39, 0.29) is 36.4 Å². The molecule has 7 heterocycles. The molecule has 0 saturated heterocycles. The van der Waals surface area contributed by atoms with E-state index in [4.69, 9.17) is 23.9 Å². The number of fused-ring (bicyclic) bond motifs is 15. The van der Waals surface area contributed by atoms with Crippen LogP contribution in [0.1, 0.15) is 116 Å². The summed E-state index contributed by atoms with van der Waals surface area (Å²) in [4.78, 5) is 13.2. The van der Waals surface area contributed by atoms with Gasteiger partial charge < -0.3 is 32.5 Å². The molecule has 1 aliphatic carbocycles. The number of hydrogen-bond acceptors (Lipinski definition) is 6. The molecule has 5 atom stereocenters. The first kappa shape index (κ1) is 62.5. The summed E-state index contributed by atoms with van der Waals surface area (Å²) in [6.45, 7) is 22.6. The van der Waals surface area contributed by atoms with E-state index in [0.717, 1.165) is 110 Å². The van der Waals surface area contributed by atoms with Gasteiger partial charge >= 0.3 is 0 Å². The average molecular weight is 1300 g/mol. The Kier molecular flexibility index (Phi) is 15.6. The largest absolute Gasteiger partial charge is 0.456 e. The minimum absolute atomic E-state index is 0.0492. The smallest absolute Gasteiger partial charge is 0.135 e. The highest BCUT2D eigenvalue weighted by atomic mass is 16.5. The standard InChI is InChI=1S/C90H86N6O3/c1-54(2)40-67(97-56(5)6)45-59-34-36-85-76(47-59)77-50-61(35-37-86(77)99-85)62-48-65(93-78-27-15-11-22-69(78)70-23-12-16-28-79(70)93)52-66(49-62)95-80-29-17-13-24-71(80)75-53-74(58(9)42-84(75)95)72-26-19-31-82-88(72)90(10)87(33-21-39-92-90)96(82)64-44-60(46-68(41-55(3)4)98-57(7)8)43-63(51-64)94-81-30-18-14-25-73(81)89-83(94)32-20-38-91-89/h11-39,43-44,47-58,67-68,87H,40-42,45-46H2,1-10H3. The maximum Gasteiger partial charge on any atom is 0.135 e. The number of nitrogens with zero attached hydrogens (tertiary/aromatic N) is 6. The molecule has 0 N–H and O–H groups in total. The fourth-order valence-electron chi connectivity index (χ4n) is 17.3. The highest BCUT2D eigenvalue weighted by molar-refractivity contribution is 6.11. The number of aliphatic imine (C=N–C) groups is 1. The van der Waals surface area contributed by atoms with Gasteiger partial charge in [-0.2, -0.15) is 0 Å². The van der Waals surface area contributed by atoms with Crippen LogP contribution in [0.2, 0.25) is 0 Å². The van der Waals surface area contributed by atoms with Crippen LogP contribution < -0.4 is 4.90 Å². The minimum atomic E-state index is -0.611. The number of dihydropyridines is 1. The maximum absolute atomic E-state index is 6.78. The van der Waals surface area contributed by atoms with E-state index < -0.39 is 5.54 Å². The molecule has 0 fully saturated rings. The van der Waals surface area contributed by atoms with Crippen LogP contribution in [0, 0.1) is 17.8 Å². The Balaban J connectivity index is 0.826. The van der Waals surface area contributed by atoms with Crippen LogP contribution in [0.15, 0.2) is 228 Å². The molecule has 0 radical (unpaired) electrons. The van der Waals surface area contributed by atoms with Crippen molar-refractivity contribution < 1.29 is 13.9 Å². The molecule has 99 heavy (non-hydrogen) atoms. The second kappa shape index (κ2) is 24.7. The third kappa shape index (κ3) is 10.8. The van der Waals surface area contributed by atoms with E-state index in [9.17, 15) is 0 Å². The van der Waals surface area contributed by atoms with E-state index in [1.807, 2.05) is 12.4 Å². The Bertz CT molecular complexity index is 5480. The Labute approximate surface area is 580 Å². The molecule has 0 amide bonds. The first-order chi connectivity index (χ1) is 48.1. The zero-order valence-corrected chi connectivity index (χ0v) is 58.5. The first-order valence-electron chi connectivity index (χ1n) is 36.0. The predicted molar refractivity (Wildman–Crippen MR) is 413 cm³/mol. The number of furan rings is 1. The van der Waals surface area contributed by atoms with Gasteiger partial charge in [0.15, 0.2) is 0 Å². The number of benzene rings is 9. The van der Waals surface area contributed by atoms with Gasteiger partial charge in [-0.25, -0.2) is 0 Å². The second-order valence-electron chi connectivity index (χ2n) is 29.9. The van der Waals surface area contributed by atoms with Gasteiger partial charge in [-0.05, 0) is 233 Å². The van der Waals surface area contributed by atoms with Crippen molar-refractivity contribution in [2.45, 2.75) is 137 Å². The fraction of sp³-hybridized carbons (Fsp3) is 0.267. The number of para-hydroxylation sites is 4. The summed E-state index contributed by atoms with van der Waals surface area (Å²) < 4.78 is 27.4. The second-order valence-corrected chi connectivity index (χ2v) is 29.9. The number of hydrogen-bond donors (Lipinski definition) is 0. The van der Waals surface area contributed by atoms with Crippen LogP contribution >= 0.6 is 0 Å². The van der Waals surface area contributed by atoms with E-state index in [0.29, 0.717) is 11.8 Å². The molecule has 0 spiro atoms. The number of anilines is 2. The van der Waals surface area contributed by atoms with Crippen LogP contribution in [0.5, 0.6) is 0 Å². The van der Waals surface area contributed by atoms with Crippen molar-refractivity contribution in [3.8, 4) is 28.2 Å². The average Bonchev–Trinajstić information content (AvgIpc) is 1.55. The fourth-order valence-corrected chi connectivity index (χ4v) is 17.3. The molecule has 494 valence electrons. The van der Waals surface area contributed by atoms with Crippen molar-refractivity contribution in [2.24, 2.45) is 22.7 Å². The van der Waals surface area contributed by atoms with E-state index in [1.54, 1.807) is 0 Å². The first-order valence-corrected chi connectivity index (χ1v) is 36.0. The van der Waals surface area contributed by atoms with Crippen LogP contribution in [0.4, 0.5) is 11.4 Å². The van der Waals surface area contributed by atoms with E-state index in [2.05, 4.69) is 306 Å². The summed E-state index contributed by atoms with van der Waals surface area (Å²) in [6, 6.07) is 74.7. The van der Waals surface area contributed by atoms with Gasteiger partial charge in [0.1, 0.15) is 16.7 Å². The van der Waals surface area contributed by atoms with Gasteiger partial charge in [0.2, 0.25) is 0 Å². The highest BCUT2D eigenvalue weighted by Gasteiger charge is 2.50. The van der Waals surface area contributed by atoms with Gasteiger partial charge in [0.05, 0.1) is 63.6 Å². The number of aromatic nitrogens is 4. The Hall–Kier alpha value is -10.1. The topological polar surface area (TPSA) is 74.9 Å². The number of allylic oxidation sites excluding steroid dienone is 2. The van der Waals surface area contributed by atoms with Gasteiger partial charge in [0, 0.05) is 90.0 Å². The lowest BCUT2D eigenvalue weighted by Gasteiger charge is -2.35. The Morgan fingerprint density at radius 3 is 1.77 bits per heavy atom. The molecule has 9 nitrogen and oxygen atoms in total. The number of rotatable bonds is 18. The van der Waals surface area contributed by atoms with Crippen LogP contribution in [-0.4, -0.2) is 55.4 Å². The number of pyridine rings is 1. The van der Waals surface area contributed by atoms with Crippen molar-refractivity contribution in [2.75, 3.05) is 4.90 Å². The Morgan fingerprint density at radius 1 is 0.515 bits per heavy atom. The lowest BCUT2D eigenvalue weighted by molar-refractivity contribution is -0.00302. The molecule has 0 bridgehead atoms. The molecule has 3 aliphatic rings. The van der Waals surface area contributed by atoms with Gasteiger partial charge in [0.25, 0.3) is 0 Å². The zero-order chi connectivity index (χ0) is 67.5. The zero-order valence-electron chi connectivity index (χ0n) is 58.5. The van der Waals surface area contributed by atoms with E-state index >= 15 is 0 Å². The predicted octanol–water partition coefficient (Wildman–Crippen LogP) is 22.7. The van der Waals surface area contributed by atoms with Gasteiger partial charge in [-0.3, -0.25) is 9.98 Å². The molecule has 5 aromatic heterocycles. The SMILES string of the molecule is CC(C)CC(Cc1cc(N2c3cccc(C4=Cc5c(n(-c6cc(-c7ccc8oc9ccc(CC(CC(C)C)OC(C)C)cc9c8c7)cc(-n7c8ccccc8c8ccccc87)c6)c6ccccc56)CC4C)c3C3(C)N=CC=CC23)cc(-n2c3ccccc3c3ncccc32)c1)OC(C)C. The molecular weight excluding hydrogens is 1210 g/mol. The molecule has 17 rings (SSSR count).